The predicted octanol–water partition coefficient (Wildman–Crippen LogP) is 2.99. The minimum Gasteiger partial charge on any atom is -0.665 e. The Morgan fingerprint density at radius 3 is 1.68 bits per heavy atom. The van der Waals surface area contributed by atoms with Gasteiger partial charge in [0, 0.05) is 32.7 Å². The van der Waals surface area contributed by atoms with E-state index in [1.54, 1.807) is 0 Å². The van der Waals surface area contributed by atoms with E-state index in [2.05, 4.69) is 27.7 Å². The third kappa shape index (κ3) is 6.83. The molecule has 1 aromatic carbocycles. The van der Waals surface area contributed by atoms with Gasteiger partial charge in [0.1, 0.15) is 0 Å². The van der Waals surface area contributed by atoms with Crippen LogP contribution in [0.2, 0.25) is 0 Å². The summed E-state index contributed by atoms with van der Waals surface area (Å²) in [5.74, 6) is 1.36. The number of ether oxygens (including phenoxy) is 1. The van der Waals surface area contributed by atoms with Crippen molar-refractivity contribution in [1.82, 2.24) is 0 Å². The molecule has 0 bridgehead atoms. The third-order valence-electron chi connectivity index (χ3n) is 2.46. The number of hydrogen-bond donors (Lipinski definition) is 1. The number of para-hydroxylation sites is 1. The first-order valence-electron chi connectivity index (χ1n) is 5.67. The van der Waals surface area contributed by atoms with Crippen molar-refractivity contribution in [3.63, 3.8) is 0 Å². The van der Waals surface area contributed by atoms with E-state index in [1.807, 2.05) is 18.2 Å². The van der Waals surface area contributed by atoms with Gasteiger partial charge >= 0.3 is 0 Å². The molecule has 0 saturated carbocycles. The Hall–Kier alpha value is -0.736. The molecule has 1 aromatic rings. The minimum absolute atomic E-state index is 0. The molecule has 0 fully saturated rings. The van der Waals surface area contributed by atoms with E-state index >= 15 is 0 Å². The van der Waals surface area contributed by atoms with Crippen LogP contribution in [-0.4, -0.2) is 18.1 Å². The van der Waals surface area contributed by atoms with E-state index in [9.17, 15) is 4.79 Å². The van der Waals surface area contributed by atoms with E-state index in [0.717, 1.165) is 11.1 Å². The molecular weight excluding hydrogens is 321 g/mol. The van der Waals surface area contributed by atoms with Crippen molar-refractivity contribution in [1.29, 1.82) is 0 Å². The van der Waals surface area contributed by atoms with Gasteiger partial charge in [-0.25, -0.2) is 0 Å². The third-order valence-corrected chi connectivity index (χ3v) is 2.46. The second-order valence-corrected chi connectivity index (χ2v) is 4.35. The van der Waals surface area contributed by atoms with E-state index < -0.39 is 0 Å². The van der Waals surface area contributed by atoms with Gasteiger partial charge in [0.25, 0.3) is 0 Å². The van der Waals surface area contributed by atoms with Gasteiger partial charge < -0.3 is 19.4 Å². The van der Waals surface area contributed by atoms with Gasteiger partial charge in [-0.1, -0.05) is 63.5 Å². The summed E-state index contributed by atoms with van der Waals surface area (Å²) in [6.07, 6.45) is 0. The van der Waals surface area contributed by atoms with Crippen molar-refractivity contribution >= 4 is 12.9 Å². The molecule has 0 amide bonds. The fourth-order valence-corrected chi connectivity index (χ4v) is 1.64. The summed E-state index contributed by atoms with van der Waals surface area (Å²) in [7, 11) is 0. The molecule has 0 aliphatic heterocycles. The second kappa shape index (κ2) is 11.1. The average Bonchev–Trinajstić information content (AvgIpc) is 2.30. The van der Waals surface area contributed by atoms with Crippen molar-refractivity contribution in [3.8, 4) is 5.75 Å². The van der Waals surface area contributed by atoms with Crippen LogP contribution in [0.15, 0.2) is 18.2 Å². The summed E-state index contributed by atoms with van der Waals surface area (Å²) in [6.45, 7) is 10.3. The molecule has 19 heavy (non-hydrogen) atoms. The van der Waals surface area contributed by atoms with Crippen molar-refractivity contribution in [2.24, 2.45) is 0 Å². The summed E-state index contributed by atoms with van der Waals surface area (Å²) in [6, 6.07) is 5.98. The molecule has 5 heteroatoms. The maximum absolute atomic E-state index is 10.4. The molecule has 1 N–H and O–H groups in total. The first kappa shape index (κ1) is 20.6. The second-order valence-electron chi connectivity index (χ2n) is 4.35. The monoisotopic (exact) mass is 339 g/mol. The maximum Gasteiger partial charge on any atom is 0.170 e. The number of hydrogen-bond acceptors (Lipinski definition) is 3. The van der Waals surface area contributed by atoms with E-state index in [4.69, 9.17) is 14.6 Å². The Kier molecular flexibility index (Phi) is 12.0. The van der Waals surface area contributed by atoms with Crippen molar-refractivity contribution < 1.29 is 52.1 Å². The Morgan fingerprint density at radius 2 is 1.42 bits per heavy atom. The molecule has 0 unspecified atom stereocenters. The number of benzene rings is 1. The molecular formula is C14H18O4Y-2. The Bertz CT molecular complexity index is 363. The molecule has 1 rings (SSSR count). The van der Waals surface area contributed by atoms with Crippen LogP contribution in [0.1, 0.15) is 50.7 Å². The Balaban J connectivity index is 0. The zero-order chi connectivity index (χ0) is 14.1. The van der Waals surface area contributed by atoms with Gasteiger partial charge in [-0.05, 0) is 17.6 Å². The van der Waals surface area contributed by atoms with Crippen LogP contribution < -0.4 is 4.74 Å². The number of rotatable bonds is 4. The number of carbonyl (C=O) groups excluding carboxylic acids is 1. The Morgan fingerprint density at radius 1 is 1.05 bits per heavy atom. The van der Waals surface area contributed by atoms with Crippen LogP contribution in [0.25, 0.3) is 0 Å². The predicted molar refractivity (Wildman–Crippen MR) is 69.3 cm³/mol. The summed E-state index contributed by atoms with van der Waals surface area (Å²) < 4.78 is 4.99. The molecule has 0 saturated heterocycles. The summed E-state index contributed by atoms with van der Waals surface area (Å²) in [5.41, 5.74) is 2.12. The fraction of sp³-hybridized carbons (Fsp3) is 0.429. The molecule has 4 nitrogen and oxygen atoms in total. The molecule has 0 aliphatic carbocycles. The van der Waals surface area contributed by atoms with E-state index in [1.165, 1.54) is 6.47 Å². The molecule has 0 aliphatic rings. The van der Waals surface area contributed by atoms with Gasteiger partial charge in [-0.2, -0.15) is 0 Å². The SMILES string of the molecule is CC(C)c1cccc(C(C)C)c1O[C-]=O.O=[C-]O.[Y]. The van der Waals surface area contributed by atoms with Crippen LogP contribution in [0.3, 0.4) is 0 Å². The molecule has 0 heterocycles. The molecule has 1 radical (unpaired) electrons. The van der Waals surface area contributed by atoms with Crippen LogP contribution in [0.5, 0.6) is 5.75 Å². The van der Waals surface area contributed by atoms with Crippen LogP contribution >= 0.6 is 0 Å². The Labute approximate surface area is 139 Å². The fourth-order valence-electron chi connectivity index (χ4n) is 1.64. The van der Waals surface area contributed by atoms with Gasteiger partial charge in [-0.3, -0.25) is 0 Å². The number of aliphatic hydroxyl groups excluding tert-OH is 1. The zero-order valence-corrected chi connectivity index (χ0v) is 14.5. The topological polar surface area (TPSA) is 63.6 Å². The minimum atomic E-state index is 0. The molecule has 0 aromatic heterocycles. The van der Waals surface area contributed by atoms with Crippen molar-refractivity contribution in [2.75, 3.05) is 0 Å². The smallest absolute Gasteiger partial charge is 0.170 e. The van der Waals surface area contributed by atoms with Gasteiger partial charge in [0.2, 0.25) is 0 Å². The van der Waals surface area contributed by atoms with Gasteiger partial charge in [0.05, 0.1) is 0 Å². The van der Waals surface area contributed by atoms with Crippen molar-refractivity contribution in [3.05, 3.63) is 29.3 Å². The van der Waals surface area contributed by atoms with Gasteiger partial charge in [-0.15, -0.1) is 0 Å². The van der Waals surface area contributed by atoms with Gasteiger partial charge in [0.15, 0.2) is 6.47 Å². The normalized spacial score (nSPS) is 9.16. The van der Waals surface area contributed by atoms with E-state index in [-0.39, 0.29) is 32.7 Å². The summed E-state index contributed by atoms with van der Waals surface area (Å²) in [5, 5.41) is 6.76. The van der Waals surface area contributed by atoms with E-state index in [0.29, 0.717) is 24.1 Å². The average molecular weight is 339 g/mol. The van der Waals surface area contributed by atoms with Crippen LogP contribution in [0.4, 0.5) is 0 Å². The largest absolute Gasteiger partial charge is 0.665 e. The molecule has 0 spiro atoms. The quantitative estimate of drug-likeness (QED) is 0.857. The standard InChI is InChI=1S/C13H17O2.CHO2.Y/c1-9(2)11-6-5-7-12(10(3)4)13(11)15-8-14;2-1-3;/h5-7,9-10H,1-4H3;(H,2,3);/q2*-1;. The summed E-state index contributed by atoms with van der Waals surface area (Å²) in [4.78, 5) is 18.6. The molecule has 103 valence electrons. The summed E-state index contributed by atoms with van der Waals surface area (Å²) >= 11 is 0. The van der Waals surface area contributed by atoms with Crippen LogP contribution in [-0.2, 0) is 42.3 Å². The zero-order valence-electron chi connectivity index (χ0n) is 11.6. The van der Waals surface area contributed by atoms with Crippen LogP contribution in [0, 0.1) is 0 Å². The first-order chi connectivity index (χ1) is 8.49. The molecule has 0 atom stereocenters. The first-order valence-corrected chi connectivity index (χ1v) is 5.67. The maximum atomic E-state index is 10.4. The van der Waals surface area contributed by atoms with Crippen molar-refractivity contribution in [2.45, 2.75) is 39.5 Å².